The van der Waals surface area contributed by atoms with Crippen LogP contribution >= 0.6 is 0 Å². The van der Waals surface area contributed by atoms with Crippen LogP contribution in [0.5, 0.6) is 0 Å². The Kier molecular flexibility index (Phi) is 11.5. The third-order valence-corrected chi connectivity index (χ3v) is 6.29. The molecule has 2 unspecified atom stereocenters. The van der Waals surface area contributed by atoms with Crippen LogP contribution in [0.4, 0.5) is 0 Å². The lowest BCUT2D eigenvalue weighted by Crippen LogP contribution is -2.61. The normalized spacial score (nSPS) is 29.1. The predicted octanol–water partition coefficient (Wildman–Crippen LogP) is 3.37. The summed E-state index contributed by atoms with van der Waals surface area (Å²) in [7, 11) is 0. The van der Waals surface area contributed by atoms with Crippen LogP contribution in [0.2, 0.25) is 0 Å². The van der Waals surface area contributed by atoms with Gasteiger partial charge < -0.3 is 34.6 Å². The van der Waals surface area contributed by atoms with Gasteiger partial charge in [0.15, 0.2) is 6.29 Å². The van der Waals surface area contributed by atoms with Crippen molar-refractivity contribution in [2.75, 3.05) is 0 Å². The van der Waals surface area contributed by atoms with Crippen LogP contribution in [-0.4, -0.2) is 74.3 Å². The number of aliphatic hydroxyl groups is 2. The van der Waals surface area contributed by atoms with Crippen molar-refractivity contribution in [1.82, 2.24) is 0 Å². The van der Waals surface area contributed by atoms with E-state index >= 15 is 0 Å². The van der Waals surface area contributed by atoms with E-state index in [1.54, 1.807) is 45.1 Å². The van der Waals surface area contributed by atoms with Crippen LogP contribution in [-0.2, 0) is 23.8 Å². The summed E-state index contributed by atoms with van der Waals surface area (Å²) in [5.74, 6) is -2.00. The van der Waals surface area contributed by atoms with Gasteiger partial charge in [0.2, 0.25) is 0 Å². The summed E-state index contributed by atoms with van der Waals surface area (Å²) in [5, 5.41) is 39.6. The molecule has 0 aromatic heterocycles. The Bertz CT molecular complexity index is 833. The minimum absolute atomic E-state index is 0.216. The standard InChI is InChI=1S/C26H40O9/c1-8-25(6,14-10-12-16(3)22(29)30)34-21-18(5)33-24(20(28)19(21)27)35-26(7,9-2)15-11-13-17(4)23(31)32/h8-9,12-13,18-21,24,27-28H,1-2,10-11,14-15H2,3-7H3,(H,29,30)(H,31,32)/b16-12+,17-13+/t18-,19-,20+,21-,24-,25?,26?/m0/s1. The lowest BCUT2D eigenvalue weighted by atomic mass is 9.94. The van der Waals surface area contributed by atoms with Crippen LogP contribution < -0.4 is 0 Å². The number of aliphatic hydroxyl groups excluding tert-OH is 2. The van der Waals surface area contributed by atoms with Gasteiger partial charge in [0.1, 0.15) is 18.3 Å². The Morgan fingerprint density at radius 2 is 1.31 bits per heavy atom. The maximum Gasteiger partial charge on any atom is 0.330 e. The molecular weight excluding hydrogens is 456 g/mol. The van der Waals surface area contributed by atoms with Gasteiger partial charge in [-0.05, 0) is 60.3 Å². The monoisotopic (exact) mass is 496 g/mol. The molecule has 198 valence electrons. The van der Waals surface area contributed by atoms with Crippen molar-refractivity contribution in [3.05, 3.63) is 48.6 Å². The van der Waals surface area contributed by atoms with Crippen molar-refractivity contribution in [1.29, 1.82) is 0 Å². The van der Waals surface area contributed by atoms with E-state index in [0.717, 1.165) is 0 Å². The number of aliphatic carboxylic acids is 2. The second kappa shape index (κ2) is 13.1. The van der Waals surface area contributed by atoms with Gasteiger partial charge in [0.25, 0.3) is 0 Å². The zero-order valence-corrected chi connectivity index (χ0v) is 21.3. The molecule has 0 radical (unpaired) electrons. The highest BCUT2D eigenvalue weighted by atomic mass is 16.7. The van der Waals surface area contributed by atoms with Gasteiger partial charge in [0, 0.05) is 11.1 Å². The molecule has 4 N–H and O–H groups in total. The number of rotatable bonds is 14. The highest BCUT2D eigenvalue weighted by Gasteiger charge is 2.47. The Hall–Kier alpha value is -2.30. The first kappa shape index (κ1) is 30.7. The van der Waals surface area contributed by atoms with Gasteiger partial charge in [-0.25, -0.2) is 9.59 Å². The van der Waals surface area contributed by atoms with Crippen molar-refractivity contribution in [3.8, 4) is 0 Å². The van der Waals surface area contributed by atoms with Crippen molar-refractivity contribution in [2.45, 2.75) is 102 Å². The minimum Gasteiger partial charge on any atom is -0.478 e. The molecule has 35 heavy (non-hydrogen) atoms. The molecule has 0 aromatic carbocycles. The van der Waals surface area contributed by atoms with Gasteiger partial charge in [-0.2, -0.15) is 0 Å². The summed E-state index contributed by atoms with van der Waals surface area (Å²) in [6.07, 6.45) is 2.44. The quantitative estimate of drug-likeness (QED) is 0.210. The molecule has 0 bridgehead atoms. The van der Waals surface area contributed by atoms with Gasteiger partial charge in [0.05, 0.1) is 17.3 Å². The van der Waals surface area contributed by atoms with Gasteiger partial charge in [-0.15, -0.1) is 13.2 Å². The molecule has 0 amide bonds. The van der Waals surface area contributed by atoms with Crippen LogP contribution in [0.25, 0.3) is 0 Å². The van der Waals surface area contributed by atoms with E-state index in [0.29, 0.717) is 25.7 Å². The molecule has 1 saturated heterocycles. The molecule has 1 fully saturated rings. The van der Waals surface area contributed by atoms with Crippen molar-refractivity contribution >= 4 is 11.9 Å². The Morgan fingerprint density at radius 1 is 0.886 bits per heavy atom. The zero-order chi connectivity index (χ0) is 27.0. The summed E-state index contributed by atoms with van der Waals surface area (Å²) in [6, 6.07) is 0. The van der Waals surface area contributed by atoms with Crippen LogP contribution in [0.15, 0.2) is 48.6 Å². The SMILES string of the molecule is C=CC(C)(CC/C=C(\C)C(=O)O)O[C@@H]1O[C@@H](C)[C@H](OC(C)(C=C)CC/C=C(\C)C(=O)O)[C@@H](O)[C@H]1O. The van der Waals surface area contributed by atoms with Crippen LogP contribution in [0, 0.1) is 0 Å². The molecule has 9 nitrogen and oxygen atoms in total. The molecular formula is C26H40O9. The first-order chi connectivity index (χ1) is 16.2. The van der Waals surface area contributed by atoms with Crippen molar-refractivity contribution in [3.63, 3.8) is 0 Å². The highest BCUT2D eigenvalue weighted by molar-refractivity contribution is 5.86. The number of carboxylic acid groups (broad SMARTS) is 2. The van der Waals surface area contributed by atoms with E-state index in [1.807, 2.05) is 0 Å². The van der Waals surface area contributed by atoms with E-state index in [1.165, 1.54) is 13.8 Å². The first-order valence-corrected chi connectivity index (χ1v) is 11.6. The molecule has 1 rings (SSSR count). The van der Waals surface area contributed by atoms with Crippen LogP contribution in [0.3, 0.4) is 0 Å². The molecule has 0 saturated carbocycles. The number of hydrogen-bond donors (Lipinski definition) is 4. The van der Waals surface area contributed by atoms with Crippen molar-refractivity contribution in [2.24, 2.45) is 0 Å². The Morgan fingerprint density at radius 3 is 1.71 bits per heavy atom. The Labute approximate surface area is 207 Å². The second-order valence-electron chi connectivity index (χ2n) is 9.39. The number of carbonyl (C=O) groups is 2. The summed E-state index contributed by atoms with van der Waals surface area (Å²) < 4.78 is 18.0. The second-order valence-corrected chi connectivity index (χ2v) is 9.39. The van der Waals surface area contributed by atoms with E-state index in [2.05, 4.69) is 13.2 Å². The maximum absolute atomic E-state index is 11.0. The maximum atomic E-state index is 11.0. The van der Waals surface area contributed by atoms with E-state index in [-0.39, 0.29) is 11.1 Å². The molecule has 9 heteroatoms. The fourth-order valence-electron chi connectivity index (χ4n) is 3.59. The highest BCUT2D eigenvalue weighted by Crippen LogP contribution is 2.33. The summed E-state index contributed by atoms with van der Waals surface area (Å²) in [4.78, 5) is 22.0. The zero-order valence-electron chi connectivity index (χ0n) is 21.3. The third kappa shape index (κ3) is 9.01. The fourth-order valence-corrected chi connectivity index (χ4v) is 3.59. The average Bonchev–Trinajstić information content (AvgIpc) is 2.79. The molecule has 1 heterocycles. The van der Waals surface area contributed by atoms with E-state index in [4.69, 9.17) is 24.4 Å². The number of hydrogen-bond acceptors (Lipinski definition) is 7. The van der Waals surface area contributed by atoms with E-state index in [9.17, 15) is 19.8 Å². The third-order valence-electron chi connectivity index (χ3n) is 6.29. The smallest absolute Gasteiger partial charge is 0.330 e. The molecule has 0 aliphatic carbocycles. The molecule has 0 aromatic rings. The summed E-state index contributed by atoms with van der Waals surface area (Å²) in [5.41, 5.74) is -1.41. The molecule has 7 atom stereocenters. The van der Waals surface area contributed by atoms with Gasteiger partial charge in [-0.3, -0.25) is 0 Å². The van der Waals surface area contributed by atoms with Crippen molar-refractivity contribution < 1.29 is 44.2 Å². The first-order valence-electron chi connectivity index (χ1n) is 11.6. The molecule has 0 spiro atoms. The van der Waals surface area contributed by atoms with Gasteiger partial charge >= 0.3 is 11.9 Å². The van der Waals surface area contributed by atoms with E-state index < -0.39 is 53.8 Å². The molecule has 1 aliphatic heterocycles. The lowest BCUT2D eigenvalue weighted by Gasteiger charge is -2.46. The summed E-state index contributed by atoms with van der Waals surface area (Å²) in [6.45, 7) is 15.8. The van der Waals surface area contributed by atoms with Crippen LogP contribution in [0.1, 0.15) is 60.3 Å². The largest absolute Gasteiger partial charge is 0.478 e. The Balaban J connectivity index is 2.87. The predicted molar refractivity (Wildman–Crippen MR) is 131 cm³/mol. The number of carboxylic acids is 2. The van der Waals surface area contributed by atoms with Gasteiger partial charge in [-0.1, -0.05) is 24.3 Å². The topological polar surface area (TPSA) is 143 Å². The average molecular weight is 497 g/mol. The minimum atomic E-state index is -1.42. The fraction of sp³-hybridized carbons (Fsp3) is 0.615. The lowest BCUT2D eigenvalue weighted by molar-refractivity contribution is -0.325. The number of ether oxygens (including phenoxy) is 3. The molecule has 1 aliphatic rings. The number of allylic oxidation sites excluding steroid dienone is 2. The summed E-state index contributed by atoms with van der Waals surface area (Å²) >= 11 is 0.